The molecule has 0 bridgehead atoms. The second kappa shape index (κ2) is 6.60. The van der Waals surface area contributed by atoms with Crippen LogP contribution in [-0.4, -0.2) is 45.9 Å². The van der Waals surface area contributed by atoms with E-state index in [1.54, 1.807) is 0 Å². The number of hydrogen-bond donors (Lipinski definition) is 0. The van der Waals surface area contributed by atoms with Gasteiger partial charge in [0.2, 0.25) is 5.91 Å². The van der Waals surface area contributed by atoms with Crippen LogP contribution in [0.25, 0.3) is 0 Å². The van der Waals surface area contributed by atoms with E-state index in [4.69, 9.17) is 4.74 Å². The first-order chi connectivity index (χ1) is 10.2. The number of nitrogens with zero attached hydrogens (tertiary/aromatic N) is 3. The molecule has 5 nitrogen and oxygen atoms in total. The number of piperidine rings is 1. The highest BCUT2D eigenvalue weighted by atomic mass is 16.5. The highest BCUT2D eigenvalue weighted by molar-refractivity contribution is 5.77. The molecule has 3 heterocycles. The molecule has 2 atom stereocenters. The largest absolute Gasteiger partial charge is 0.378 e. The molecule has 0 saturated carbocycles. The van der Waals surface area contributed by atoms with E-state index in [1.807, 2.05) is 17.8 Å². The predicted molar refractivity (Wildman–Crippen MR) is 79.9 cm³/mol. The third-order valence-corrected chi connectivity index (χ3v) is 4.53. The van der Waals surface area contributed by atoms with Crippen LogP contribution >= 0.6 is 0 Å². The lowest BCUT2D eigenvalue weighted by Crippen LogP contribution is -2.46. The third kappa shape index (κ3) is 3.64. The van der Waals surface area contributed by atoms with E-state index >= 15 is 0 Å². The Morgan fingerprint density at radius 2 is 2.29 bits per heavy atom. The lowest BCUT2D eigenvalue weighted by molar-refractivity contribution is -0.137. The van der Waals surface area contributed by atoms with Crippen LogP contribution < -0.4 is 0 Å². The van der Waals surface area contributed by atoms with Crippen molar-refractivity contribution in [1.82, 2.24) is 14.7 Å². The van der Waals surface area contributed by atoms with Gasteiger partial charge in [0.25, 0.3) is 0 Å². The monoisotopic (exact) mass is 291 g/mol. The molecule has 5 heteroatoms. The van der Waals surface area contributed by atoms with Crippen molar-refractivity contribution in [2.75, 3.05) is 13.2 Å². The number of rotatable bonds is 4. The molecule has 0 unspecified atom stereocenters. The quantitative estimate of drug-likeness (QED) is 0.854. The van der Waals surface area contributed by atoms with Crippen LogP contribution in [0.15, 0.2) is 12.4 Å². The minimum Gasteiger partial charge on any atom is -0.378 e. The molecule has 3 rings (SSSR count). The van der Waals surface area contributed by atoms with Gasteiger partial charge in [-0.05, 0) is 44.6 Å². The molecular formula is C16H25N3O2. The summed E-state index contributed by atoms with van der Waals surface area (Å²) in [6.45, 7) is 4.56. The van der Waals surface area contributed by atoms with E-state index in [9.17, 15) is 4.79 Å². The average Bonchev–Trinajstić information content (AvgIpc) is 3.11. The normalized spacial score (nSPS) is 26.2. The molecule has 1 aromatic rings. The maximum atomic E-state index is 12.6. The van der Waals surface area contributed by atoms with Gasteiger partial charge in [-0.1, -0.05) is 0 Å². The Morgan fingerprint density at radius 1 is 1.38 bits per heavy atom. The molecule has 0 spiro atoms. The van der Waals surface area contributed by atoms with Crippen molar-refractivity contribution in [3.05, 3.63) is 18.0 Å². The van der Waals surface area contributed by atoms with E-state index in [0.29, 0.717) is 6.42 Å². The van der Waals surface area contributed by atoms with Crippen LogP contribution in [0.5, 0.6) is 0 Å². The SMILES string of the molecule is Cc1cnn(C[C@H]2CCCCN2C(=O)C[C@@H]2CCCO2)c1. The summed E-state index contributed by atoms with van der Waals surface area (Å²) in [7, 11) is 0. The predicted octanol–water partition coefficient (Wildman–Crippen LogP) is 2.14. The van der Waals surface area contributed by atoms with Crippen LogP contribution in [0, 0.1) is 6.92 Å². The summed E-state index contributed by atoms with van der Waals surface area (Å²) in [6.07, 6.45) is 10.1. The summed E-state index contributed by atoms with van der Waals surface area (Å²) in [6, 6.07) is 0.284. The highest BCUT2D eigenvalue weighted by Crippen LogP contribution is 2.22. The number of ether oxygens (including phenoxy) is 1. The molecule has 2 aliphatic rings. The first-order valence-corrected chi connectivity index (χ1v) is 8.12. The maximum absolute atomic E-state index is 12.6. The lowest BCUT2D eigenvalue weighted by Gasteiger charge is -2.36. The zero-order valence-electron chi connectivity index (χ0n) is 12.8. The van der Waals surface area contributed by atoms with Gasteiger partial charge in [0.05, 0.1) is 31.3 Å². The van der Waals surface area contributed by atoms with E-state index in [-0.39, 0.29) is 18.1 Å². The molecule has 0 aliphatic carbocycles. The van der Waals surface area contributed by atoms with Gasteiger partial charge in [-0.15, -0.1) is 0 Å². The van der Waals surface area contributed by atoms with E-state index in [2.05, 4.69) is 16.2 Å². The van der Waals surface area contributed by atoms with Crippen molar-refractivity contribution in [3.63, 3.8) is 0 Å². The number of likely N-dealkylation sites (tertiary alicyclic amines) is 1. The van der Waals surface area contributed by atoms with Crippen LogP contribution in [0.4, 0.5) is 0 Å². The minimum absolute atomic E-state index is 0.145. The summed E-state index contributed by atoms with van der Waals surface area (Å²) in [5.74, 6) is 0.260. The molecular weight excluding hydrogens is 266 g/mol. The lowest BCUT2D eigenvalue weighted by atomic mass is 10.0. The number of aryl methyl sites for hydroxylation is 1. The Hall–Kier alpha value is -1.36. The second-order valence-corrected chi connectivity index (χ2v) is 6.32. The maximum Gasteiger partial charge on any atom is 0.225 e. The first-order valence-electron chi connectivity index (χ1n) is 8.12. The fraction of sp³-hybridized carbons (Fsp3) is 0.750. The summed E-state index contributed by atoms with van der Waals surface area (Å²) >= 11 is 0. The van der Waals surface area contributed by atoms with Crippen molar-refractivity contribution in [3.8, 4) is 0 Å². The number of aromatic nitrogens is 2. The van der Waals surface area contributed by atoms with Crippen LogP contribution in [-0.2, 0) is 16.1 Å². The van der Waals surface area contributed by atoms with Crippen LogP contribution in [0.1, 0.15) is 44.1 Å². The van der Waals surface area contributed by atoms with Crippen molar-refractivity contribution < 1.29 is 9.53 Å². The molecule has 21 heavy (non-hydrogen) atoms. The summed E-state index contributed by atoms with van der Waals surface area (Å²) < 4.78 is 7.58. The van der Waals surface area contributed by atoms with Crippen LogP contribution in [0.2, 0.25) is 0 Å². The zero-order valence-corrected chi connectivity index (χ0v) is 12.8. The van der Waals surface area contributed by atoms with Crippen molar-refractivity contribution >= 4 is 5.91 Å². The van der Waals surface area contributed by atoms with Gasteiger partial charge in [-0.25, -0.2) is 0 Å². The van der Waals surface area contributed by atoms with Gasteiger partial charge in [-0.3, -0.25) is 9.48 Å². The standard InChI is InChI=1S/C16H25N3O2/c1-13-10-17-18(11-13)12-14-5-2-3-7-19(14)16(20)9-15-6-4-8-21-15/h10-11,14-15H,2-9,12H2,1H3/t14-,15+/m1/s1. The third-order valence-electron chi connectivity index (χ3n) is 4.53. The fourth-order valence-electron chi connectivity index (χ4n) is 3.42. The highest BCUT2D eigenvalue weighted by Gasteiger charge is 2.29. The van der Waals surface area contributed by atoms with Crippen molar-refractivity contribution in [2.24, 2.45) is 0 Å². The topological polar surface area (TPSA) is 47.4 Å². The fourth-order valence-corrected chi connectivity index (χ4v) is 3.42. The Morgan fingerprint density at radius 3 is 3.00 bits per heavy atom. The Balaban J connectivity index is 1.61. The molecule has 1 aromatic heterocycles. The first kappa shape index (κ1) is 14.6. The Labute approximate surface area is 126 Å². The molecule has 0 radical (unpaired) electrons. The molecule has 0 N–H and O–H groups in total. The van der Waals surface area contributed by atoms with Gasteiger partial charge in [0, 0.05) is 19.3 Å². The van der Waals surface area contributed by atoms with E-state index < -0.39 is 0 Å². The van der Waals surface area contributed by atoms with Gasteiger partial charge >= 0.3 is 0 Å². The second-order valence-electron chi connectivity index (χ2n) is 6.32. The summed E-state index contributed by atoms with van der Waals surface area (Å²) in [5.41, 5.74) is 1.17. The number of hydrogen-bond acceptors (Lipinski definition) is 3. The number of carbonyl (C=O) groups excluding carboxylic acids is 1. The zero-order chi connectivity index (χ0) is 14.7. The molecule has 2 aliphatic heterocycles. The smallest absolute Gasteiger partial charge is 0.225 e. The molecule has 116 valence electrons. The van der Waals surface area contributed by atoms with Crippen LogP contribution in [0.3, 0.4) is 0 Å². The van der Waals surface area contributed by atoms with Crippen molar-refractivity contribution in [1.29, 1.82) is 0 Å². The van der Waals surface area contributed by atoms with Crippen molar-refractivity contribution in [2.45, 2.75) is 64.1 Å². The summed E-state index contributed by atoms with van der Waals surface area (Å²) in [4.78, 5) is 14.6. The average molecular weight is 291 g/mol. The van der Waals surface area contributed by atoms with Gasteiger partial charge in [0.15, 0.2) is 0 Å². The summed E-state index contributed by atoms with van der Waals surface area (Å²) in [5, 5.41) is 4.36. The minimum atomic E-state index is 0.145. The van der Waals surface area contributed by atoms with Gasteiger partial charge < -0.3 is 9.64 Å². The molecule has 0 aromatic carbocycles. The van der Waals surface area contributed by atoms with E-state index in [0.717, 1.165) is 45.4 Å². The Bertz CT molecular complexity index is 480. The van der Waals surface area contributed by atoms with E-state index in [1.165, 1.54) is 12.0 Å². The number of amides is 1. The number of carbonyl (C=O) groups is 1. The molecule has 2 fully saturated rings. The molecule has 1 amide bonds. The molecule has 2 saturated heterocycles. The Kier molecular flexibility index (Phi) is 4.58. The van der Waals surface area contributed by atoms with Gasteiger partial charge in [0.1, 0.15) is 0 Å². The van der Waals surface area contributed by atoms with Gasteiger partial charge in [-0.2, -0.15) is 5.10 Å².